The molecule has 2 rings (SSSR count). The molecule has 0 aromatic rings. The normalized spacial score (nSPS) is 29.3. The van der Waals surface area contributed by atoms with E-state index in [0.717, 1.165) is 12.0 Å². The van der Waals surface area contributed by atoms with Gasteiger partial charge in [0.05, 0.1) is 11.5 Å². The largest absolute Gasteiger partial charge is 0.267 e. The molecule has 0 radical (unpaired) electrons. The van der Waals surface area contributed by atoms with Gasteiger partial charge in [-0.2, -0.15) is 5.10 Å². The van der Waals surface area contributed by atoms with E-state index in [1.807, 2.05) is 6.21 Å². The highest BCUT2D eigenvalue weighted by Crippen LogP contribution is 2.31. The highest BCUT2D eigenvalue weighted by atomic mass is 15.6. The summed E-state index contributed by atoms with van der Waals surface area (Å²) >= 11 is 0. The first-order valence-electron chi connectivity index (χ1n) is 5.45. The van der Waals surface area contributed by atoms with E-state index < -0.39 is 0 Å². The predicted octanol–water partition coefficient (Wildman–Crippen LogP) is 0.492. The Hall–Kier alpha value is -1.13. The monoisotopic (exact) mass is 204 g/mol. The van der Waals surface area contributed by atoms with Gasteiger partial charge in [-0.1, -0.05) is 6.92 Å². The molecule has 0 spiro atoms. The molecule has 2 heterocycles. The molecule has 80 valence electrons. The van der Waals surface area contributed by atoms with Gasteiger partial charge in [0.25, 0.3) is 0 Å². The summed E-state index contributed by atoms with van der Waals surface area (Å²) in [4.78, 5) is 8.51. The van der Waals surface area contributed by atoms with E-state index in [1.165, 1.54) is 0 Å². The van der Waals surface area contributed by atoms with Gasteiger partial charge in [-0.05, 0) is 20.3 Å². The quantitative estimate of drug-likeness (QED) is 0.603. The lowest BCUT2D eigenvalue weighted by Crippen LogP contribution is -2.46. The molecule has 2 aliphatic rings. The molecule has 0 amide bonds. The van der Waals surface area contributed by atoms with Crippen LogP contribution in [0.5, 0.6) is 0 Å². The fraction of sp³-hybridized carbons (Fsp3) is 0.700. The lowest BCUT2D eigenvalue weighted by Gasteiger charge is -2.37. The van der Waals surface area contributed by atoms with Gasteiger partial charge >= 0.3 is 0 Å². The lowest BCUT2D eigenvalue weighted by molar-refractivity contribution is 0.0824. The van der Waals surface area contributed by atoms with Gasteiger partial charge in [0.2, 0.25) is 0 Å². The van der Waals surface area contributed by atoms with Crippen molar-refractivity contribution in [3.8, 4) is 0 Å². The molecule has 0 saturated carbocycles. The molecule has 0 N–H and O–H groups in total. The second-order valence-electron chi connectivity index (χ2n) is 4.75. The van der Waals surface area contributed by atoms with Crippen molar-refractivity contribution in [3.05, 3.63) is 0 Å². The summed E-state index contributed by atoms with van der Waals surface area (Å²) in [5.41, 5.74) is 1.17. The zero-order valence-corrected chi connectivity index (χ0v) is 9.81. The maximum absolute atomic E-state index is 4.62. The molecule has 5 heteroatoms. The van der Waals surface area contributed by atoms with Crippen molar-refractivity contribution in [2.24, 2.45) is 21.0 Å². The molecule has 2 atom stereocenters. The van der Waals surface area contributed by atoms with Crippen molar-refractivity contribution >= 4 is 26.0 Å². The van der Waals surface area contributed by atoms with Crippen LogP contribution in [0.1, 0.15) is 27.2 Å². The van der Waals surface area contributed by atoms with E-state index in [1.54, 1.807) is 6.34 Å². The lowest BCUT2D eigenvalue weighted by atomic mass is 9.87. The van der Waals surface area contributed by atoms with Gasteiger partial charge in [-0.25, -0.2) is 9.98 Å². The summed E-state index contributed by atoms with van der Waals surface area (Å²) in [6.45, 7) is 6.58. The number of hydrazone groups is 1. The van der Waals surface area contributed by atoms with Crippen LogP contribution in [0, 0.1) is 5.92 Å². The second kappa shape index (κ2) is 3.47. The average molecular weight is 204 g/mol. The Balaban J connectivity index is 2.29. The van der Waals surface area contributed by atoms with Crippen LogP contribution in [0.4, 0.5) is 0 Å². The molecule has 15 heavy (non-hydrogen) atoms. The predicted molar refractivity (Wildman–Crippen MR) is 66.5 cm³/mol. The number of hydrogen-bond donors (Lipinski definition) is 0. The fourth-order valence-corrected chi connectivity index (χ4v) is 1.90. The highest BCUT2D eigenvalue weighted by Gasteiger charge is 2.40. The molecule has 4 nitrogen and oxygen atoms in total. The van der Waals surface area contributed by atoms with Crippen LogP contribution >= 0.6 is 0 Å². The van der Waals surface area contributed by atoms with Gasteiger partial charge in [0, 0.05) is 11.8 Å². The van der Waals surface area contributed by atoms with Crippen LogP contribution < -0.4 is 0 Å². The van der Waals surface area contributed by atoms with E-state index in [2.05, 4.69) is 48.7 Å². The van der Waals surface area contributed by atoms with Crippen molar-refractivity contribution in [1.82, 2.24) is 5.01 Å². The Morgan fingerprint density at radius 1 is 1.53 bits per heavy atom. The fourth-order valence-electron chi connectivity index (χ4n) is 1.90. The van der Waals surface area contributed by atoms with Crippen LogP contribution in [0.15, 0.2) is 15.1 Å². The summed E-state index contributed by atoms with van der Waals surface area (Å²) in [6.07, 6.45) is 4.76. The summed E-state index contributed by atoms with van der Waals surface area (Å²) in [5.74, 6) is 0.265. The van der Waals surface area contributed by atoms with Gasteiger partial charge in [0.1, 0.15) is 6.34 Å². The van der Waals surface area contributed by atoms with Crippen molar-refractivity contribution in [1.29, 1.82) is 0 Å². The zero-order valence-electron chi connectivity index (χ0n) is 9.81. The summed E-state index contributed by atoms with van der Waals surface area (Å²) in [7, 11) is 2.05. The van der Waals surface area contributed by atoms with Crippen molar-refractivity contribution < 1.29 is 0 Å². The van der Waals surface area contributed by atoms with Gasteiger partial charge < -0.3 is 0 Å². The molecular formula is C10H17BN4. The third kappa shape index (κ3) is 1.60. The maximum atomic E-state index is 4.62. The minimum absolute atomic E-state index is 0.0587. The number of fused-ring (bicyclic) bond motifs is 1. The molecule has 0 aromatic heterocycles. The SMILES string of the molecule is BC1=NN(C(C)(C)CC)C2N=CN=CC12. The molecule has 0 aromatic carbocycles. The molecule has 0 saturated heterocycles. The van der Waals surface area contributed by atoms with Crippen molar-refractivity contribution in [3.63, 3.8) is 0 Å². The van der Waals surface area contributed by atoms with Crippen molar-refractivity contribution in [2.45, 2.75) is 38.9 Å². The topological polar surface area (TPSA) is 40.3 Å². The molecule has 0 aliphatic carbocycles. The smallest absolute Gasteiger partial charge is 0.161 e. The second-order valence-corrected chi connectivity index (χ2v) is 4.75. The third-order valence-corrected chi connectivity index (χ3v) is 3.34. The number of aliphatic imine (C=N–C) groups is 2. The minimum Gasteiger partial charge on any atom is -0.267 e. The van der Waals surface area contributed by atoms with E-state index >= 15 is 0 Å². The van der Waals surface area contributed by atoms with Crippen LogP contribution in [-0.4, -0.2) is 42.7 Å². The minimum atomic E-state index is 0.0587. The Labute approximate surface area is 91.6 Å². The van der Waals surface area contributed by atoms with Gasteiger partial charge in [-0.3, -0.25) is 5.01 Å². The first-order valence-corrected chi connectivity index (χ1v) is 5.45. The first kappa shape index (κ1) is 10.4. The van der Waals surface area contributed by atoms with Crippen LogP contribution in [-0.2, 0) is 0 Å². The van der Waals surface area contributed by atoms with Gasteiger partial charge in [-0.15, -0.1) is 0 Å². The number of rotatable bonds is 2. The van der Waals surface area contributed by atoms with E-state index in [-0.39, 0.29) is 17.6 Å². The summed E-state index contributed by atoms with van der Waals surface area (Å²) in [5, 5.41) is 6.74. The Morgan fingerprint density at radius 3 is 2.93 bits per heavy atom. The third-order valence-electron chi connectivity index (χ3n) is 3.34. The molecule has 2 unspecified atom stereocenters. The Bertz CT molecular complexity index is 345. The summed E-state index contributed by atoms with van der Waals surface area (Å²) < 4.78 is 0. The Morgan fingerprint density at radius 2 is 2.27 bits per heavy atom. The summed E-state index contributed by atoms with van der Waals surface area (Å²) in [6, 6.07) is 0. The van der Waals surface area contributed by atoms with E-state index in [0.29, 0.717) is 0 Å². The van der Waals surface area contributed by atoms with Crippen LogP contribution in [0.3, 0.4) is 0 Å². The van der Waals surface area contributed by atoms with Gasteiger partial charge in [0.15, 0.2) is 14.0 Å². The number of hydrogen-bond acceptors (Lipinski definition) is 4. The first-order chi connectivity index (χ1) is 7.06. The van der Waals surface area contributed by atoms with E-state index in [9.17, 15) is 0 Å². The van der Waals surface area contributed by atoms with Crippen molar-refractivity contribution in [2.75, 3.05) is 0 Å². The standard InChI is InChI=1S/C10H17BN4/c1-4-10(2,3)15-9-7(8(11)14-15)5-12-6-13-9/h5-7,9H,4,11H2,1-3H3. The molecule has 2 aliphatic heterocycles. The number of nitrogens with zero attached hydrogens (tertiary/aromatic N) is 4. The zero-order chi connectivity index (χ0) is 11.1. The highest BCUT2D eigenvalue weighted by molar-refractivity contribution is 6.62. The van der Waals surface area contributed by atoms with E-state index in [4.69, 9.17) is 0 Å². The molecular weight excluding hydrogens is 187 g/mol. The molecule has 0 fully saturated rings. The Kier molecular flexibility index (Phi) is 2.40. The van der Waals surface area contributed by atoms with Crippen LogP contribution in [0.2, 0.25) is 0 Å². The maximum Gasteiger partial charge on any atom is 0.161 e. The average Bonchev–Trinajstić information content (AvgIpc) is 2.58. The molecule has 0 bridgehead atoms. The van der Waals surface area contributed by atoms with Crippen LogP contribution in [0.25, 0.3) is 0 Å².